The van der Waals surface area contributed by atoms with E-state index in [2.05, 4.69) is 22.5 Å². The van der Waals surface area contributed by atoms with E-state index < -0.39 is 0 Å². The van der Waals surface area contributed by atoms with Gasteiger partial charge in [0.2, 0.25) is 0 Å². The number of carbonyl (C=O) groups is 1. The van der Waals surface area contributed by atoms with E-state index in [1.807, 2.05) is 24.3 Å². The number of H-pyrrole nitrogens is 1. The molecule has 0 fully saturated rings. The van der Waals surface area contributed by atoms with Crippen molar-refractivity contribution in [2.75, 3.05) is 12.3 Å². The largest absolute Gasteiger partial charge is 0.397 e. The molecule has 1 aromatic carbocycles. The highest BCUT2D eigenvalue weighted by Gasteiger charge is 2.14. The van der Waals surface area contributed by atoms with Crippen molar-refractivity contribution >= 4 is 22.5 Å². The van der Waals surface area contributed by atoms with Gasteiger partial charge < -0.3 is 16.0 Å². The Balaban J connectivity index is 1.69. The van der Waals surface area contributed by atoms with Crippen LogP contribution in [0.1, 0.15) is 29.8 Å². The van der Waals surface area contributed by atoms with Crippen LogP contribution in [-0.2, 0) is 0 Å². The molecule has 0 saturated carbocycles. The van der Waals surface area contributed by atoms with E-state index in [0.29, 0.717) is 17.3 Å². The molecule has 1 aromatic heterocycles. The minimum absolute atomic E-state index is 0.0600. The fourth-order valence-corrected chi connectivity index (χ4v) is 2.68. The molecule has 0 saturated heterocycles. The second-order valence-electron chi connectivity index (χ2n) is 5.35. The van der Waals surface area contributed by atoms with Gasteiger partial charge in [-0.15, -0.1) is 0 Å². The summed E-state index contributed by atoms with van der Waals surface area (Å²) in [6, 6.07) is 7.52. The standard InChI is InChI=1S/C16H19N3O/c17-13-8-4-7-12-9-14(19-15(12)13)16(20)18-10-11-5-2-1-3-6-11/h1-2,4,7-9,11,19H,3,5-6,10,17H2,(H,18,20). The number of rotatable bonds is 3. The zero-order valence-electron chi connectivity index (χ0n) is 11.4. The predicted molar refractivity (Wildman–Crippen MR) is 81.5 cm³/mol. The highest BCUT2D eigenvalue weighted by molar-refractivity contribution is 6.00. The van der Waals surface area contributed by atoms with Crippen LogP contribution in [0.15, 0.2) is 36.4 Å². The minimum Gasteiger partial charge on any atom is -0.397 e. The third kappa shape index (κ3) is 2.54. The van der Waals surface area contributed by atoms with Gasteiger partial charge in [0.1, 0.15) is 5.69 Å². The molecule has 4 heteroatoms. The Morgan fingerprint density at radius 2 is 2.30 bits per heavy atom. The molecule has 1 aliphatic carbocycles. The lowest BCUT2D eigenvalue weighted by atomic mass is 9.94. The average Bonchev–Trinajstić information content (AvgIpc) is 2.91. The zero-order valence-corrected chi connectivity index (χ0v) is 11.4. The number of nitrogens with one attached hydrogen (secondary N) is 2. The molecule has 0 bridgehead atoms. The maximum Gasteiger partial charge on any atom is 0.267 e. The first-order chi connectivity index (χ1) is 9.74. The predicted octanol–water partition coefficient (Wildman–Crippen LogP) is 2.84. The topological polar surface area (TPSA) is 70.9 Å². The molecule has 0 spiro atoms. The van der Waals surface area contributed by atoms with Crippen molar-refractivity contribution in [1.82, 2.24) is 10.3 Å². The van der Waals surface area contributed by atoms with Crippen LogP contribution in [0.2, 0.25) is 0 Å². The number of carbonyl (C=O) groups excluding carboxylic acids is 1. The molecule has 0 radical (unpaired) electrons. The van der Waals surface area contributed by atoms with E-state index in [-0.39, 0.29) is 5.91 Å². The number of allylic oxidation sites excluding steroid dienone is 2. The van der Waals surface area contributed by atoms with E-state index >= 15 is 0 Å². The van der Waals surface area contributed by atoms with E-state index in [4.69, 9.17) is 5.73 Å². The van der Waals surface area contributed by atoms with Gasteiger partial charge in [0.05, 0.1) is 11.2 Å². The minimum atomic E-state index is -0.0600. The van der Waals surface area contributed by atoms with Gasteiger partial charge in [0, 0.05) is 11.9 Å². The van der Waals surface area contributed by atoms with Gasteiger partial charge >= 0.3 is 0 Å². The number of benzene rings is 1. The third-order valence-corrected chi connectivity index (χ3v) is 3.86. The third-order valence-electron chi connectivity index (χ3n) is 3.86. The number of hydrogen-bond acceptors (Lipinski definition) is 2. The SMILES string of the molecule is Nc1cccc2cc(C(=O)NCC3CC=CCC3)[nH]c12. The Bertz CT molecular complexity index is 657. The molecule has 20 heavy (non-hydrogen) atoms. The smallest absolute Gasteiger partial charge is 0.267 e. The van der Waals surface area contributed by atoms with Crippen molar-refractivity contribution < 1.29 is 4.79 Å². The number of amides is 1. The van der Waals surface area contributed by atoms with Crippen molar-refractivity contribution in [2.24, 2.45) is 5.92 Å². The second kappa shape index (κ2) is 5.41. The molecule has 1 unspecified atom stereocenters. The van der Waals surface area contributed by atoms with E-state index in [1.165, 1.54) is 0 Å². The first-order valence-electron chi connectivity index (χ1n) is 7.04. The van der Waals surface area contributed by atoms with E-state index in [1.54, 1.807) is 0 Å². The van der Waals surface area contributed by atoms with Crippen LogP contribution in [0.5, 0.6) is 0 Å². The van der Waals surface area contributed by atoms with Gasteiger partial charge in [-0.05, 0) is 37.3 Å². The van der Waals surface area contributed by atoms with Crippen LogP contribution in [0.25, 0.3) is 10.9 Å². The number of anilines is 1. The van der Waals surface area contributed by atoms with Crippen LogP contribution in [0.4, 0.5) is 5.69 Å². The number of fused-ring (bicyclic) bond motifs is 1. The van der Waals surface area contributed by atoms with Gasteiger partial charge in [-0.25, -0.2) is 0 Å². The molecule has 0 aliphatic heterocycles. The van der Waals surface area contributed by atoms with Crippen molar-refractivity contribution in [3.05, 3.63) is 42.1 Å². The Kier molecular flexibility index (Phi) is 3.46. The second-order valence-corrected chi connectivity index (χ2v) is 5.35. The van der Waals surface area contributed by atoms with Crippen LogP contribution >= 0.6 is 0 Å². The molecule has 4 N–H and O–H groups in total. The summed E-state index contributed by atoms with van der Waals surface area (Å²) in [7, 11) is 0. The maximum atomic E-state index is 12.2. The summed E-state index contributed by atoms with van der Waals surface area (Å²) >= 11 is 0. The lowest BCUT2D eigenvalue weighted by Gasteiger charge is -2.17. The number of aromatic amines is 1. The summed E-state index contributed by atoms with van der Waals surface area (Å²) in [4.78, 5) is 15.3. The van der Waals surface area contributed by atoms with E-state index in [0.717, 1.165) is 36.7 Å². The normalized spacial score (nSPS) is 18.3. The molecule has 3 rings (SSSR count). The zero-order chi connectivity index (χ0) is 13.9. The van der Waals surface area contributed by atoms with Crippen LogP contribution in [0, 0.1) is 5.92 Å². The molecule has 1 atom stereocenters. The number of nitrogens with two attached hydrogens (primary N) is 1. The number of para-hydroxylation sites is 1. The van der Waals surface area contributed by atoms with Crippen molar-refractivity contribution in [1.29, 1.82) is 0 Å². The van der Waals surface area contributed by atoms with Crippen LogP contribution < -0.4 is 11.1 Å². The first kappa shape index (κ1) is 12.8. The van der Waals surface area contributed by atoms with Crippen LogP contribution in [0.3, 0.4) is 0 Å². The van der Waals surface area contributed by atoms with Crippen LogP contribution in [-0.4, -0.2) is 17.4 Å². The molecule has 104 valence electrons. The molecular formula is C16H19N3O. The summed E-state index contributed by atoms with van der Waals surface area (Å²) in [5.74, 6) is 0.494. The average molecular weight is 269 g/mol. The maximum absolute atomic E-state index is 12.2. The summed E-state index contributed by atoms with van der Waals surface area (Å²) < 4.78 is 0. The van der Waals surface area contributed by atoms with E-state index in [9.17, 15) is 4.79 Å². The van der Waals surface area contributed by atoms with Gasteiger partial charge in [0.15, 0.2) is 0 Å². The number of aromatic nitrogens is 1. The van der Waals surface area contributed by atoms with Crippen molar-refractivity contribution in [3.8, 4) is 0 Å². The lowest BCUT2D eigenvalue weighted by molar-refractivity contribution is 0.0942. The fourth-order valence-electron chi connectivity index (χ4n) is 2.68. The van der Waals surface area contributed by atoms with Gasteiger partial charge in [0.25, 0.3) is 5.91 Å². The lowest BCUT2D eigenvalue weighted by Crippen LogP contribution is -2.29. The van der Waals surface area contributed by atoms with Gasteiger partial charge in [-0.1, -0.05) is 24.3 Å². The first-order valence-corrected chi connectivity index (χ1v) is 7.04. The Labute approximate surface area is 118 Å². The summed E-state index contributed by atoms with van der Waals surface area (Å²) in [6.07, 6.45) is 7.72. The Hall–Kier alpha value is -2.23. The van der Waals surface area contributed by atoms with Crippen molar-refractivity contribution in [2.45, 2.75) is 19.3 Å². The summed E-state index contributed by atoms with van der Waals surface area (Å²) in [5.41, 5.74) is 7.96. The monoisotopic (exact) mass is 269 g/mol. The Morgan fingerprint density at radius 1 is 1.40 bits per heavy atom. The molecule has 4 nitrogen and oxygen atoms in total. The van der Waals surface area contributed by atoms with Gasteiger partial charge in [-0.2, -0.15) is 0 Å². The fraction of sp³-hybridized carbons (Fsp3) is 0.312. The molecule has 1 aliphatic rings. The molecule has 1 heterocycles. The molecular weight excluding hydrogens is 250 g/mol. The Morgan fingerprint density at radius 3 is 3.05 bits per heavy atom. The van der Waals surface area contributed by atoms with Crippen molar-refractivity contribution in [3.63, 3.8) is 0 Å². The van der Waals surface area contributed by atoms with Gasteiger partial charge in [-0.3, -0.25) is 4.79 Å². The number of nitrogen functional groups attached to an aromatic ring is 1. The number of hydrogen-bond donors (Lipinski definition) is 3. The molecule has 1 amide bonds. The highest BCUT2D eigenvalue weighted by Crippen LogP contribution is 2.21. The molecule has 2 aromatic rings. The highest BCUT2D eigenvalue weighted by atomic mass is 16.1. The summed E-state index contributed by atoms with van der Waals surface area (Å²) in [5, 5.41) is 3.97. The summed E-state index contributed by atoms with van der Waals surface area (Å²) in [6.45, 7) is 0.730. The quantitative estimate of drug-likeness (QED) is 0.592.